The normalized spacial score (nSPS) is 10.3. The zero-order valence-corrected chi connectivity index (χ0v) is 20.9. The smallest absolute Gasteiger partial charge is 0.140 e. The summed E-state index contributed by atoms with van der Waals surface area (Å²) in [6.07, 6.45) is 9.93. The van der Waals surface area contributed by atoms with Crippen molar-refractivity contribution in [2.24, 2.45) is 0 Å². The van der Waals surface area contributed by atoms with Crippen molar-refractivity contribution in [3.05, 3.63) is 106 Å². The molecule has 0 aliphatic rings. The first kappa shape index (κ1) is 26.2. The molecule has 0 unspecified atom stereocenters. The van der Waals surface area contributed by atoms with Gasteiger partial charge in [-0.25, -0.2) is 8.78 Å². The SMILES string of the molecule is CCCCCCc1ccc(C#Cc2ccc(C#Cc3ccc(CCCCC)cc3)cc2F)cc1F. The lowest BCUT2D eigenvalue weighted by atomic mass is 10.0. The van der Waals surface area contributed by atoms with E-state index in [0.717, 1.165) is 37.7 Å². The molecule has 0 aliphatic heterocycles. The van der Waals surface area contributed by atoms with E-state index in [1.807, 2.05) is 12.1 Å². The van der Waals surface area contributed by atoms with E-state index in [2.05, 4.69) is 49.7 Å². The average molecular weight is 469 g/mol. The van der Waals surface area contributed by atoms with Crippen LogP contribution in [0.1, 0.15) is 92.2 Å². The van der Waals surface area contributed by atoms with Gasteiger partial charge in [-0.3, -0.25) is 0 Å². The van der Waals surface area contributed by atoms with E-state index < -0.39 is 5.82 Å². The molecule has 0 nitrogen and oxygen atoms in total. The van der Waals surface area contributed by atoms with Crippen LogP contribution in [0.25, 0.3) is 0 Å². The number of benzene rings is 3. The Bertz CT molecular complexity index is 1210. The second-order valence-electron chi connectivity index (χ2n) is 8.97. The van der Waals surface area contributed by atoms with Crippen molar-refractivity contribution in [3.63, 3.8) is 0 Å². The van der Waals surface area contributed by atoms with Gasteiger partial charge in [0.25, 0.3) is 0 Å². The van der Waals surface area contributed by atoms with Gasteiger partial charge in [-0.1, -0.05) is 87.8 Å². The summed E-state index contributed by atoms with van der Waals surface area (Å²) in [5, 5.41) is 0. The van der Waals surface area contributed by atoms with E-state index in [-0.39, 0.29) is 11.4 Å². The van der Waals surface area contributed by atoms with Crippen molar-refractivity contribution in [2.45, 2.75) is 71.6 Å². The first-order valence-corrected chi connectivity index (χ1v) is 12.8. The Kier molecular flexibility index (Phi) is 10.6. The van der Waals surface area contributed by atoms with Gasteiger partial charge in [0.1, 0.15) is 11.6 Å². The lowest BCUT2D eigenvalue weighted by molar-refractivity contribution is 0.593. The minimum absolute atomic E-state index is 0.242. The predicted molar refractivity (Wildman–Crippen MR) is 142 cm³/mol. The Labute approximate surface area is 209 Å². The first-order chi connectivity index (χ1) is 17.1. The zero-order valence-electron chi connectivity index (χ0n) is 20.9. The molecule has 0 N–H and O–H groups in total. The number of halogens is 2. The zero-order chi connectivity index (χ0) is 24.9. The summed E-state index contributed by atoms with van der Waals surface area (Å²) >= 11 is 0. The molecule has 3 aromatic carbocycles. The van der Waals surface area contributed by atoms with Crippen LogP contribution in [0.2, 0.25) is 0 Å². The van der Waals surface area contributed by atoms with Crippen LogP contribution in [0.15, 0.2) is 60.7 Å². The van der Waals surface area contributed by atoms with Crippen molar-refractivity contribution in [3.8, 4) is 23.7 Å². The molecule has 0 saturated carbocycles. The van der Waals surface area contributed by atoms with Gasteiger partial charge in [-0.05, 0) is 79.3 Å². The Morgan fingerprint density at radius 3 is 1.80 bits per heavy atom. The van der Waals surface area contributed by atoms with Gasteiger partial charge in [0.2, 0.25) is 0 Å². The standard InChI is InChI=1S/C33H34F2/c1-3-5-7-9-11-30-21-18-29(25-32(30)34)20-23-31-22-19-28(24-33(31)35)17-16-27-14-12-26(13-15-27)10-8-6-4-2/h12-15,18-19,21-22,24-25H,3-11H2,1-2H3. The van der Waals surface area contributed by atoms with Crippen LogP contribution >= 0.6 is 0 Å². The highest BCUT2D eigenvalue weighted by atomic mass is 19.1. The van der Waals surface area contributed by atoms with Gasteiger partial charge in [0.15, 0.2) is 0 Å². The minimum atomic E-state index is -0.427. The van der Waals surface area contributed by atoms with Gasteiger partial charge in [0.05, 0.1) is 5.56 Å². The second kappa shape index (κ2) is 14.1. The van der Waals surface area contributed by atoms with Crippen LogP contribution in [0.3, 0.4) is 0 Å². The third-order valence-electron chi connectivity index (χ3n) is 6.04. The molecule has 0 radical (unpaired) electrons. The summed E-state index contributed by atoms with van der Waals surface area (Å²) in [7, 11) is 0. The highest BCUT2D eigenvalue weighted by Crippen LogP contribution is 2.15. The summed E-state index contributed by atoms with van der Waals surface area (Å²) < 4.78 is 29.0. The molecule has 0 bridgehead atoms. The van der Waals surface area contributed by atoms with Gasteiger partial charge in [0, 0.05) is 16.7 Å². The van der Waals surface area contributed by atoms with E-state index in [1.165, 1.54) is 43.4 Å². The first-order valence-electron chi connectivity index (χ1n) is 12.8. The molecule has 0 aromatic heterocycles. The number of rotatable bonds is 9. The van der Waals surface area contributed by atoms with Crippen molar-refractivity contribution in [1.82, 2.24) is 0 Å². The maximum atomic E-state index is 14.6. The second-order valence-corrected chi connectivity index (χ2v) is 8.97. The van der Waals surface area contributed by atoms with Crippen molar-refractivity contribution < 1.29 is 8.78 Å². The van der Waals surface area contributed by atoms with E-state index in [4.69, 9.17) is 0 Å². The lowest BCUT2D eigenvalue weighted by Crippen LogP contribution is -1.92. The highest BCUT2D eigenvalue weighted by molar-refractivity contribution is 5.49. The van der Waals surface area contributed by atoms with Crippen molar-refractivity contribution >= 4 is 0 Å². The predicted octanol–water partition coefficient (Wildman–Crippen LogP) is 8.62. The van der Waals surface area contributed by atoms with Crippen LogP contribution in [0.5, 0.6) is 0 Å². The number of hydrogen-bond acceptors (Lipinski definition) is 0. The minimum Gasteiger partial charge on any atom is -0.207 e. The number of aryl methyl sites for hydroxylation is 2. The van der Waals surface area contributed by atoms with Gasteiger partial charge >= 0.3 is 0 Å². The topological polar surface area (TPSA) is 0 Å². The third kappa shape index (κ3) is 8.73. The maximum Gasteiger partial charge on any atom is 0.140 e. The molecule has 35 heavy (non-hydrogen) atoms. The summed E-state index contributed by atoms with van der Waals surface area (Å²) in [6.45, 7) is 4.36. The average Bonchev–Trinajstić information content (AvgIpc) is 2.87. The van der Waals surface area contributed by atoms with Crippen LogP contribution in [0, 0.1) is 35.3 Å². The molecule has 180 valence electrons. The number of hydrogen-bond donors (Lipinski definition) is 0. The largest absolute Gasteiger partial charge is 0.207 e. The summed E-state index contributed by atoms with van der Waals surface area (Å²) in [5.41, 5.74) is 4.35. The molecule has 3 aromatic rings. The Morgan fingerprint density at radius 2 is 1.11 bits per heavy atom. The fraction of sp³-hybridized carbons (Fsp3) is 0.333. The molecule has 0 aliphatic carbocycles. The molecule has 2 heteroatoms. The van der Waals surface area contributed by atoms with Gasteiger partial charge in [-0.2, -0.15) is 0 Å². The fourth-order valence-electron chi connectivity index (χ4n) is 3.88. The van der Waals surface area contributed by atoms with Crippen LogP contribution in [-0.4, -0.2) is 0 Å². The molecule has 0 saturated heterocycles. The van der Waals surface area contributed by atoms with Gasteiger partial charge in [-0.15, -0.1) is 0 Å². The van der Waals surface area contributed by atoms with E-state index in [9.17, 15) is 8.78 Å². The molecule has 3 rings (SSSR count). The summed E-state index contributed by atoms with van der Waals surface area (Å²) in [5.74, 6) is 11.2. The molecule has 0 amide bonds. The number of unbranched alkanes of at least 4 members (excludes halogenated alkanes) is 5. The summed E-state index contributed by atoms with van der Waals surface area (Å²) in [4.78, 5) is 0. The fourth-order valence-corrected chi connectivity index (χ4v) is 3.88. The molecule has 0 atom stereocenters. The Morgan fingerprint density at radius 1 is 0.543 bits per heavy atom. The summed E-state index contributed by atoms with van der Waals surface area (Å²) in [6, 6.07) is 18.1. The Hall–Kier alpha value is -3.36. The molecular formula is C33H34F2. The lowest BCUT2D eigenvalue weighted by Gasteiger charge is -2.03. The molecule has 0 fully saturated rings. The maximum absolute atomic E-state index is 14.6. The monoisotopic (exact) mass is 468 g/mol. The molecule has 0 heterocycles. The van der Waals surface area contributed by atoms with Crippen molar-refractivity contribution in [1.29, 1.82) is 0 Å². The van der Waals surface area contributed by atoms with E-state index >= 15 is 0 Å². The van der Waals surface area contributed by atoms with Crippen LogP contribution in [-0.2, 0) is 12.8 Å². The van der Waals surface area contributed by atoms with Crippen LogP contribution in [0.4, 0.5) is 8.78 Å². The third-order valence-corrected chi connectivity index (χ3v) is 6.04. The van der Waals surface area contributed by atoms with Gasteiger partial charge < -0.3 is 0 Å². The molecular weight excluding hydrogens is 434 g/mol. The van der Waals surface area contributed by atoms with E-state index in [0.29, 0.717) is 16.7 Å². The van der Waals surface area contributed by atoms with Crippen molar-refractivity contribution in [2.75, 3.05) is 0 Å². The van der Waals surface area contributed by atoms with E-state index in [1.54, 1.807) is 24.3 Å². The van der Waals surface area contributed by atoms with Crippen LogP contribution < -0.4 is 0 Å². The molecule has 0 spiro atoms. The highest BCUT2D eigenvalue weighted by Gasteiger charge is 2.04. The Balaban J connectivity index is 1.62. The quantitative estimate of drug-likeness (QED) is 0.218.